The molecule has 4 rings (SSSR count). The molecule has 48 heavy (non-hydrogen) atoms. The number of nitrogens with zero attached hydrogens (tertiary/aromatic N) is 2. The molecule has 1 amide bonds. The maximum absolute atomic E-state index is 14.4. The summed E-state index contributed by atoms with van der Waals surface area (Å²) in [6.45, 7) is 7.37. The molecule has 0 saturated carbocycles. The predicted octanol–water partition coefficient (Wildman–Crippen LogP) is 5.11. The number of rotatable bonds is 10. The Kier molecular flexibility index (Phi) is 13.0. The van der Waals surface area contributed by atoms with Gasteiger partial charge in [0.1, 0.15) is 5.75 Å². The molecule has 0 spiro atoms. The van der Waals surface area contributed by atoms with Crippen LogP contribution in [-0.4, -0.2) is 91.9 Å². The summed E-state index contributed by atoms with van der Waals surface area (Å²) in [4.78, 5) is 29.4. The molecule has 260 valence electrons. The SMILES string of the molecule is C[C@@H]1CN([C@@H](C)CO)C(=O)c2cc(NS(=O)(=O)c3ccccc3)ccc2O[C@@H](C)CCCCO[C@@H]1CN(C)Cc1ccc(C(=O)O)cc1. The van der Waals surface area contributed by atoms with E-state index in [0.717, 1.165) is 24.8 Å². The predicted molar refractivity (Wildman–Crippen MR) is 184 cm³/mol. The number of aliphatic hydroxyl groups excluding tert-OH is 1. The molecule has 0 bridgehead atoms. The van der Waals surface area contributed by atoms with Crippen LogP contribution in [0.5, 0.6) is 5.75 Å². The van der Waals surface area contributed by atoms with E-state index in [0.29, 0.717) is 25.4 Å². The number of sulfonamides is 1. The molecule has 3 N–H and O–H groups in total. The van der Waals surface area contributed by atoms with Crippen molar-refractivity contribution >= 4 is 27.6 Å². The van der Waals surface area contributed by atoms with Crippen LogP contribution in [0.3, 0.4) is 0 Å². The monoisotopic (exact) mass is 681 g/mol. The lowest BCUT2D eigenvalue weighted by atomic mass is 10.0. The second-order valence-corrected chi connectivity index (χ2v) is 14.3. The molecule has 11 nitrogen and oxygen atoms in total. The molecule has 0 aromatic heterocycles. The number of hydrogen-bond donors (Lipinski definition) is 3. The van der Waals surface area contributed by atoms with Crippen LogP contribution in [0.25, 0.3) is 0 Å². The molecule has 1 heterocycles. The van der Waals surface area contributed by atoms with Crippen molar-refractivity contribution in [1.82, 2.24) is 9.80 Å². The van der Waals surface area contributed by atoms with Gasteiger partial charge in [0.25, 0.3) is 15.9 Å². The first kappa shape index (κ1) is 36.9. The Hall–Kier alpha value is -3.97. The fourth-order valence-electron chi connectivity index (χ4n) is 5.70. The summed E-state index contributed by atoms with van der Waals surface area (Å²) in [5.41, 5.74) is 1.60. The molecule has 12 heteroatoms. The number of anilines is 1. The average molecular weight is 682 g/mol. The standard InChI is InChI=1S/C36H47N3O8S/c1-25-21-39(26(2)24-40)35(41)32-20-30(37-48(44,45)31-11-6-5-7-12-31)17-18-33(32)47-27(3)10-8-9-19-46-34(25)23-38(4)22-28-13-15-29(16-14-28)36(42)43/h5-7,11-18,20,25-27,34,37,40H,8-10,19,21-24H2,1-4H3,(H,42,43)/t25-,26+,27+,34-/m1/s1. The van der Waals surface area contributed by atoms with E-state index in [1.165, 1.54) is 18.2 Å². The molecule has 0 aliphatic carbocycles. The van der Waals surface area contributed by atoms with E-state index in [9.17, 15) is 28.2 Å². The van der Waals surface area contributed by atoms with Crippen molar-refractivity contribution in [2.24, 2.45) is 5.92 Å². The van der Waals surface area contributed by atoms with Gasteiger partial charge in [-0.25, -0.2) is 13.2 Å². The first-order valence-electron chi connectivity index (χ1n) is 16.3. The summed E-state index contributed by atoms with van der Waals surface area (Å²) < 4.78 is 41.5. The number of aliphatic hydroxyl groups is 1. The van der Waals surface area contributed by atoms with Gasteiger partial charge in [0, 0.05) is 37.8 Å². The van der Waals surface area contributed by atoms with Gasteiger partial charge in [0.15, 0.2) is 0 Å². The minimum atomic E-state index is -3.91. The van der Waals surface area contributed by atoms with Crippen LogP contribution in [0.1, 0.15) is 66.3 Å². The molecule has 0 radical (unpaired) electrons. The van der Waals surface area contributed by atoms with Gasteiger partial charge < -0.3 is 24.6 Å². The Balaban J connectivity index is 1.61. The highest BCUT2D eigenvalue weighted by Crippen LogP contribution is 2.29. The van der Waals surface area contributed by atoms with Gasteiger partial charge in [-0.1, -0.05) is 37.3 Å². The van der Waals surface area contributed by atoms with Crippen molar-refractivity contribution in [2.75, 3.05) is 38.1 Å². The topological polar surface area (TPSA) is 146 Å². The zero-order valence-electron chi connectivity index (χ0n) is 28.0. The van der Waals surface area contributed by atoms with Crippen LogP contribution in [0, 0.1) is 5.92 Å². The number of amides is 1. The van der Waals surface area contributed by atoms with Gasteiger partial charge in [0.2, 0.25) is 0 Å². The molecule has 1 aliphatic heterocycles. The molecule has 0 saturated heterocycles. The van der Waals surface area contributed by atoms with Crippen molar-refractivity contribution < 1.29 is 37.7 Å². The molecule has 3 aromatic rings. The fourth-order valence-corrected chi connectivity index (χ4v) is 6.77. The van der Waals surface area contributed by atoms with Crippen molar-refractivity contribution in [3.05, 3.63) is 89.5 Å². The number of carbonyl (C=O) groups excluding carboxylic acids is 1. The Labute approximate surface area is 283 Å². The highest BCUT2D eigenvalue weighted by molar-refractivity contribution is 7.92. The third kappa shape index (κ3) is 10.0. The minimum Gasteiger partial charge on any atom is -0.490 e. The van der Waals surface area contributed by atoms with E-state index < -0.39 is 27.9 Å². The number of aromatic carboxylic acids is 1. The molecular weight excluding hydrogens is 634 g/mol. The van der Waals surface area contributed by atoms with Crippen molar-refractivity contribution in [3.63, 3.8) is 0 Å². The average Bonchev–Trinajstić information content (AvgIpc) is 3.06. The Bertz CT molecular complexity index is 1620. The van der Waals surface area contributed by atoms with Crippen LogP contribution in [0.15, 0.2) is 77.7 Å². The van der Waals surface area contributed by atoms with Crippen LogP contribution in [0.2, 0.25) is 0 Å². The summed E-state index contributed by atoms with van der Waals surface area (Å²) in [7, 11) is -1.94. The van der Waals surface area contributed by atoms with Gasteiger partial charge in [-0.2, -0.15) is 0 Å². The number of nitrogens with one attached hydrogen (secondary N) is 1. The Morgan fingerprint density at radius 1 is 1.06 bits per heavy atom. The summed E-state index contributed by atoms with van der Waals surface area (Å²) >= 11 is 0. The lowest BCUT2D eigenvalue weighted by Crippen LogP contribution is -2.47. The smallest absolute Gasteiger partial charge is 0.335 e. The number of carbonyl (C=O) groups is 2. The zero-order valence-corrected chi connectivity index (χ0v) is 28.9. The third-order valence-corrected chi connectivity index (χ3v) is 9.90. The van der Waals surface area contributed by atoms with Crippen molar-refractivity contribution in [2.45, 2.75) is 69.7 Å². The highest BCUT2D eigenvalue weighted by Gasteiger charge is 2.30. The summed E-state index contributed by atoms with van der Waals surface area (Å²) in [5.74, 6) is -1.17. The molecular formula is C36H47N3O8S. The first-order valence-corrected chi connectivity index (χ1v) is 17.8. The first-order chi connectivity index (χ1) is 22.9. The fraction of sp³-hybridized carbons (Fsp3) is 0.444. The molecule has 0 unspecified atom stereocenters. The summed E-state index contributed by atoms with van der Waals surface area (Å²) in [6.07, 6.45) is 1.92. The van der Waals surface area contributed by atoms with E-state index in [4.69, 9.17) is 9.47 Å². The summed E-state index contributed by atoms with van der Waals surface area (Å²) in [5, 5.41) is 19.5. The number of benzene rings is 3. The van der Waals surface area contributed by atoms with Crippen LogP contribution >= 0.6 is 0 Å². The van der Waals surface area contributed by atoms with Gasteiger partial charge in [0.05, 0.1) is 40.9 Å². The maximum Gasteiger partial charge on any atom is 0.335 e. The van der Waals surface area contributed by atoms with E-state index in [1.807, 2.05) is 20.9 Å². The number of hydrogen-bond acceptors (Lipinski definition) is 8. The van der Waals surface area contributed by atoms with E-state index >= 15 is 0 Å². The number of carboxylic acid groups (broad SMARTS) is 1. The molecule has 4 atom stereocenters. The van der Waals surface area contributed by atoms with E-state index in [2.05, 4.69) is 9.62 Å². The minimum absolute atomic E-state index is 0.0962. The summed E-state index contributed by atoms with van der Waals surface area (Å²) in [6, 6.07) is 18.9. The number of ether oxygens (including phenoxy) is 2. The quantitative estimate of drug-likeness (QED) is 0.266. The number of carboxylic acids is 1. The molecule has 1 aliphatic rings. The number of likely N-dealkylation sites (N-methyl/N-ethyl adjacent to an activating group) is 1. The lowest BCUT2D eigenvalue weighted by molar-refractivity contribution is -0.0177. The van der Waals surface area contributed by atoms with Crippen LogP contribution in [0.4, 0.5) is 5.69 Å². The van der Waals surface area contributed by atoms with Gasteiger partial charge in [-0.3, -0.25) is 14.4 Å². The van der Waals surface area contributed by atoms with Crippen molar-refractivity contribution in [1.29, 1.82) is 0 Å². The van der Waals surface area contributed by atoms with Gasteiger partial charge >= 0.3 is 5.97 Å². The van der Waals surface area contributed by atoms with E-state index in [-0.39, 0.29) is 53.0 Å². The Morgan fingerprint density at radius 2 is 1.77 bits per heavy atom. The maximum atomic E-state index is 14.4. The van der Waals surface area contributed by atoms with E-state index in [1.54, 1.807) is 66.4 Å². The second kappa shape index (κ2) is 16.9. The second-order valence-electron chi connectivity index (χ2n) is 12.6. The molecule has 3 aromatic carbocycles. The lowest BCUT2D eigenvalue weighted by Gasteiger charge is -2.36. The third-order valence-electron chi connectivity index (χ3n) is 8.50. The largest absolute Gasteiger partial charge is 0.490 e. The van der Waals surface area contributed by atoms with Gasteiger partial charge in [-0.05, 0) is 88.2 Å². The van der Waals surface area contributed by atoms with Gasteiger partial charge in [-0.15, -0.1) is 0 Å². The van der Waals surface area contributed by atoms with Crippen LogP contribution in [-0.2, 0) is 21.3 Å². The van der Waals surface area contributed by atoms with Crippen molar-refractivity contribution in [3.8, 4) is 5.75 Å². The number of fused-ring (bicyclic) bond motifs is 1. The Morgan fingerprint density at radius 3 is 2.44 bits per heavy atom. The molecule has 0 fully saturated rings. The van der Waals surface area contributed by atoms with Crippen LogP contribution < -0.4 is 9.46 Å². The highest BCUT2D eigenvalue weighted by atomic mass is 32.2. The zero-order chi connectivity index (χ0) is 34.8. The normalized spacial score (nSPS) is 20.3.